The van der Waals surface area contributed by atoms with Crippen LogP contribution in [0.2, 0.25) is 5.02 Å². The number of halogens is 1. The minimum absolute atomic E-state index is 0.00563. The number of amides is 2. The lowest BCUT2D eigenvalue weighted by Gasteiger charge is -2.24. The van der Waals surface area contributed by atoms with Crippen LogP contribution >= 0.6 is 11.6 Å². The molecule has 0 aliphatic rings. The van der Waals surface area contributed by atoms with Gasteiger partial charge in [-0.3, -0.25) is 19.7 Å². The van der Waals surface area contributed by atoms with Crippen molar-refractivity contribution in [2.45, 2.75) is 25.9 Å². The third-order valence-electron chi connectivity index (χ3n) is 4.19. The molecule has 0 aromatic heterocycles. The smallest absolute Gasteiger partial charge is 0.289 e. The molecule has 2 aromatic rings. The number of rotatable bonds is 8. The van der Waals surface area contributed by atoms with Crippen LogP contribution in [0.15, 0.2) is 48.5 Å². The number of carbonyl (C=O) groups is 2. The predicted molar refractivity (Wildman–Crippen MR) is 111 cm³/mol. The Morgan fingerprint density at radius 1 is 1.17 bits per heavy atom. The summed E-state index contributed by atoms with van der Waals surface area (Å²) in [6.07, 6.45) is 0. The number of hydrogen-bond acceptors (Lipinski definition) is 4. The van der Waals surface area contributed by atoms with Gasteiger partial charge in [-0.25, -0.2) is 0 Å². The normalized spacial score (nSPS) is 12.9. The molecular formula is C20H24ClN4O4+. The summed E-state index contributed by atoms with van der Waals surface area (Å²) >= 11 is 5.83. The van der Waals surface area contributed by atoms with Crippen molar-refractivity contribution < 1.29 is 19.4 Å². The first-order valence-electron chi connectivity index (χ1n) is 9.10. The highest BCUT2D eigenvalue weighted by Gasteiger charge is 2.31. The Morgan fingerprint density at radius 2 is 1.83 bits per heavy atom. The van der Waals surface area contributed by atoms with Crippen molar-refractivity contribution in [1.29, 1.82) is 0 Å². The Bertz CT molecular complexity index is 889. The van der Waals surface area contributed by atoms with E-state index < -0.39 is 11.0 Å². The summed E-state index contributed by atoms with van der Waals surface area (Å²) in [6, 6.07) is 12.4. The summed E-state index contributed by atoms with van der Waals surface area (Å²) in [6.45, 7) is 3.82. The third-order valence-corrected chi connectivity index (χ3v) is 4.51. The summed E-state index contributed by atoms with van der Waals surface area (Å²) in [7, 11) is 1.75. The van der Waals surface area contributed by atoms with Crippen LogP contribution in [0.3, 0.4) is 0 Å². The molecule has 154 valence electrons. The monoisotopic (exact) mass is 419 g/mol. The van der Waals surface area contributed by atoms with Crippen LogP contribution < -0.4 is 15.5 Å². The molecule has 9 heteroatoms. The van der Waals surface area contributed by atoms with E-state index in [1.165, 1.54) is 18.2 Å². The van der Waals surface area contributed by atoms with Gasteiger partial charge in [0, 0.05) is 23.4 Å². The molecule has 2 aromatic carbocycles. The standard InChI is InChI=1S/C20H23ClN4O4/c1-13(2)22-18(26)12-24(3)19(14-7-5-4-6-8-14)20(27)23-15-9-10-16(21)17(11-15)25(28)29/h4-11,13,19H,12H2,1-3H3,(H,22,26)(H,23,27)/p+1/t19-/m0/s1. The lowest BCUT2D eigenvalue weighted by Crippen LogP contribution is -3.11. The highest BCUT2D eigenvalue weighted by Crippen LogP contribution is 2.27. The molecule has 0 saturated carbocycles. The van der Waals surface area contributed by atoms with Gasteiger partial charge in [-0.1, -0.05) is 41.9 Å². The van der Waals surface area contributed by atoms with Crippen LogP contribution in [0.25, 0.3) is 0 Å². The summed E-state index contributed by atoms with van der Waals surface area (Å²) in [5.74, 6) is -0.559. The third kappa shape index (κ3) is 6.27. The molecule has 0 bridgehead atoms. The van der Waals surface area contributed by atoms with E-state index in [4.69, 9.17) is 11.6 Å². The molecule has 2 rings (SSSR count). The fraction of sp³-hybridized carbons (Fsp3) is 0.300. The topological polar surface area (TPSA) is 106 Å². The van der Waals surface area contributed by atoms with Gasteiger partial charge >= 0.3 is 0 Å². The molecule has 0 aliphatic heterocycles. The van der Waals surface area contributed by atoms with E-state index in [-0.39, 0.29) is 40.8 Å². The summed E-state index contributed by atoms with van der Waals surface area (Å²) in [5.41, 5.74) is 0.688. The quantitative estimate of drug-likeness (QED) is 0.449. The summed E-state index contributed by atoms with van der Waals surface area (Å²) in [5, 5.41) is 16.6. The Labute approximate surface area is 174 Å². The Hall–Kier alpha value is -2.97. The van der Waals surface area contributed by atoms with Crippen molar-refractivity contribution in [3.8, 4) is 0 Å². The number of quaternary nitrogens is 1. The fourth-order valence-electron chi connectivity index (χ4n) is 2.98. The zero-order valence-corrected chi connectivity index (χ0v) is 17.2. The first-order chi connectivity index (χ1) is 13.7. The van der Waals surface area contributed by atoms with Crippen LogP contribution in [0, 0.1) is 10.1 Å². The summed E-state index contributed by atoms with van der Waals surface area (Å²) < 4.78 is 0. The second-order valence-electron chi connectivity index (χ2n) is 7.00. The minimum atomic E-state index is -0.691. The van der Waals surface area contributed by atoms with Gasteiger partial charge in [0.05, 0.1) is 12.0 Å². The van der Waals surface area contributed by atoms with E-state index in [9.17, 15) is 19.7 Å². The molecular weight excluding hydrogens is 396 g/mol. The van der Waals surface area contributed by atoms with E-state index >= 15 is 0 Å². The van der Waals surface area contributed by atoms with Gasteiger partial charge in [0.25, 0.3) is 17.5 Å². The van der Waals surface area contributed by atoms with Crippen LogP contribution in [-0.4, -0.2) is 36.4 Å². The molecule has 0 fully saturated rings. The number of likely N-dealkylation sites (N-methyl/N-ethyl adjacent to an activating group) is 1. The number of nitrogens with zero attached hydrogens (tertiary/aromatic N) is 1. The largest absolute Gasteiger partial charge is 0.349 e. The van der Waals surface area contributed by atoms with Gasteiger partial charge in [-0.15, -0.1) is 0 Å². The molecule has 29 heavy (non-hydrogen) atoms. The van der Waals surface area contributed by atoms with Crippen molar-refractivity contribution in [2.75, 3.05) is 18.9 Å². The Kier molecular flexibility index (Phi) is 7.69. The highest BCUT2D eigenvalue weighted by atomic mass is 35.5. The Morgan fingerprint density at radius 3 is 2.41 bits per heavy atom. The molecule has 0 heterocycles. The molecule has 0 saturated heterocycles. The average Bonchev–Trinajstić information content (AvgIpc) is 2.63. The Balaban J connectivity index is 2.27. The van der Waals surface area contributed by atoms with Gasteiger partial charge in [0.15, 0.2) is 12.6 Å². The SMILES string of the molecule is CC(C)NC(=O)C[NH+](C)[C@H](C(=O)Nc1ccc(Cl)c([N+](=O)[O-])c1)c1ccccc1. The predicted octanol–water partition coefficient (Wildman–Crippen LogP) is 1.97. The van der Waals surface area contributed by atoms with E-state index in [1.807, 2.05) is 32.0 Å². The van der Waals surface area contributed by atoms with Crippen LogP contribution in [0.1, 0.15) is 25.5 Å². The number of nitrogens with one attached hydrogen (secondary N) is 3. The lowest BCUT2D eigenvalue weighted by molar-refractivity contribution is -0.894. The maximum Gasteiger partial charge on any atom is 0.289 e. The van der Waals surface area contributed by atoms with Gasteiger partial charge in [0.2, 0.25) is 0 Å². The van der Waals surface area contributed by atoms with Crippen LogP contribution in [0.4, 0.5) is 11.4 Å². The number of anilines is 1. The molecule has 8 nitrogen and oxygen atoms in total. The second kappa shape index (κ2) is 9.99. The second-order valence-corrected chi connectivity index (χ2v) is 7.41. The number of nitro groups is 1. The molecule has 2 amide bonds. The van der Waals surface area contributed by atoms with E-state index in [0.29, 0.717) is 4.90 Å². The van der Waals surface area contributed by atoms with Gasteiger partial charge in [-0.05, 0) is 26.0 Å². The van der Waals surface area contributed by atoms with Gasteiger partial charge in [-0.2, -0.15) is 0 Å². The van der Waals surface area contributed by atoms with E-state index in [1.54, 1.807) is 19.2 Å². The van der Waals surface area contributed by atoms with Crippen LogP contribution in [0.5, 0.6) is 0 Å². The van der Waals surface area contributed by atoms with Crippen molar-refractivity contribution >= 4 is 34.8 Å². The van der Waals surface area contributed by atoms with Crippen molar-refractivity contribution in [1.82, 2.24) is 5.32 Å². The number of benzene rings is 2. The average molecular weight is 420 g/mol. The zero-order valence-electron chi connectivity index (χ0n) is 16.4. The first kappa shape index (κ1) is 22.3. The molecule has 0 radical (unpaired) electrons. The molecule has 0 spiro atoms. The fourth-order valence-corrected chi connectivity index (χ4v) is 3.16. The van der Waals surface area contributed by atoms with Gasteiger partial charge in [0.1, 0.15) is 5.02 Å². The number of nitro benzene ring substituents is 1. The highest BCUT2D eigenvalue weighted by molar-refractivity contribution is 6.32. The maximum atomic E-state index is 13.1. The summed E-state index contributed by atoms with van der Waals surface area (Å²) in [4.78, 5) is 36.4. The molecule has 1 unspecified atom stereocenters. The first-order valence-corrected chi connectivity index (χ1v) is 9.48. The van der Waals surface area contributed by atoms with Crippen molar-refractivity contribution in [2.24, 2.45) is 0 Å². The van der Waals surface area contributed by atoms with E-state index in [0.717, 1.165) is 5.56 Å². The molecule has 2 atom stereocenters. The minimum Gasteiger partial charge on any atom is -0.349 e. The molecule has 3 N–H and O–H groups in total. The maximum absolute atomic E-state index is 13.1. The number of hydrogen-bond donors (Lipinski definition) is 3. The van der Waals surface area contributed by atoms with Crippen LogP contribution in [-0.2, 0) is 9.59 Å². The zero-order chi connectivity index (χ0) is 21.6. The van der Waals surface area contributed by atoms with Gasteiger partial charge < -0.3 is 15.5 Å². The molecule has 0 aliphatic carbocycles. The number of carbonyl (C=O) groups excluding carboxylic acids is 2. The van der Waals surface area contributed by atoms with Crippen molar-refractivity contribution in [3.05, 3.63) is 69.2 Å². The van der Waals surface area contributed by atoms with E-state index in [2.05, 4.69) is 10.6 Å². The lowest BCUT2D eigenvalue weighted by atomic mass is 10.0. The van der Waals surface area contributed by atoms with Crippen molar-refractivity contribution in [3.63, 3.8) is 0 Å².